The molecule has 0 atom stereocenters. The summed E-state index contributed by atoms with van der Waals surface area (Å²) in [6.07, 6.45) is 3.03. The molecule has 0 saturated heterocycles. The van der Waals surface area contributed by atoms with Gasteiger partial charge in [-0.15, -0.1) is 24.0 Å². The van der Waals surface area contributed by atoms with E-state index in [0.29, 0.717) is 5.69 Å². The SMILES string of the molecule is CN=C(NCCc1ccc(NC(=O)OC(C)(C)C)cc1)NCCc1ccccn1.I. The van der Waals surface area contributed by atoms with Gasteiger partial charge in [-0.1, -0.05) is 18.2 Å². The van der Waals surface area contributed by atoms with Crippen molar-refractivity contribution < 1.29 is 9.53 Å². The van der Waals surface area contributed by atoms with E-state index in [2.05, 4.69) is 25.9 Å². The Bertz CT molecular complexity index is 789. The Balaban J connectivity index is 0.00000450. The molecule has 1 heterocycles. The number of guanidine groups is 1. The number of aromatic nitrogens is 1. The van der Waals surface area contributed by atoms with Gasteiger partial charge in [0, 0.05) is 44.1 Å². The Morgan fingerprint density at radius 1 is 1.03 bits per heavy atom. The minimum absolute atomic E-state index is 0. The second-order valence-corrected chi connectivity index (χ2v) is 7.57. The van der Waals surface area contributed by atoms with Gasteiger partial charge in [-0.2, -0.15) is 0 Å². The van der Waals surface area contributed by atoms with Gasteiger partial charge in [0.1, 0.15) is 5.60 Å². The van der Waals surface area contributed by atoms with Gasteiger partial charge in [-0.3, -0.25) is 15.3 Å². The van der Waals surface area contributed by atoms with Gasteiger partial charge in [0.15, 0.2) is 5.96 Å². The lowest BCUT2D eigenvalue weighted by atomic mass is 10.1. The second kappa shape index (κ2) is 13.0. The quantitative estimate of drug-likeness (QED) is 0.289. The van der Waals surface area contributed by atoms with Crippen LogP contribution >= 0.6 is 24.0 Å². The number of rotatable bonds is 7. The van der Waals surface area contributed by atoms with E-state index in [1.807, 2.05) is 63.2 Å². The van der Waals surface area contributed by atoms with Crippen LogP contribution in [-0.4, -0.2) is 42.8 Å². The number of nitrogens with zero attached hydrogens (tertiary/aromatic N) is 2. The summed E-state index contributed by atoms with van der Waals surface area (Å²) in [5, 5.41) is 9.33. The molecule has 164 valence electrons. The van der Waals surface area contributed by atoms with Crippen LogP contribution in [0.2, 0.25) is 0 Å². The first-order valence-electron chi connectivity index (χ1n) is 9.79. The summed E-state index contributed by atoms with van der Waals surface area (Å²) in [5.41, 5.74) is 2.41. The summed E-state index contributed by atoms with van der Waals surface area (Å²) in [7, 11) is 1.76. The smallest absolute Gasteiger partial charge is 0.412 e. The fourth-order valence-corrected chi connectivity index (χ4v) is 2.58. The highest BCUT2D eigenvalue weighted by Gasteiger charge is 2.16. The number of ether oxygens (including phenoxy) is 1. The minimum Gasteiger partial charge on any atom is -0.444 e. The Labute approximate surface area is 196 Å². The molecule has 0 aliphatic heterocycles. The summed E-state index contributed by atoms with van der Waals surface area (Å²) in [6, 6.07) is 13.6. The van der Waals surface area contributed by atoms with Crippen LogP contribution in [0.5, 0.6) is 0 Å². The molecule has 0 aliphatic carbocycles. The topological polar surface area (TPSA) is 87.6 Å². The predicted molar refractivity (Wildman–Crippen MR) is 133 cm³/mol. The number of amides is 1. The molecular weight excluding hydrogens is 493 g/mol. The van der Waals surface area contributed by atoms with Crippen molar-refractivity contribution >= 4 is 41.7 Å². The zero-order valence-corrected chi connectivity index (χ0v) is 20.4. The summed E-state index contributed by atoms with van der Waals surface area (Å²) in [5.74, 6) is 0.768. The van der Waals surface area contributed by atoms with Crippen LogP contribution < -0.4 is 16.0 Å². The first-order valence-corrected chi connectivity index (χ1v) is 9.79. The first kappa shape index (κ1) is 25.7. The lowest BCUT2D eigenvalue weighted by Crippen LogP contribution is -2.39. The molecule has 7 nitrogen and oxygen atoms in total. The number of carbonyl (C=O) groups excluding carboxylic acids is 1. The molecule has 0 bridgehead atoms. The maximum Gasteiger partial charge on any atom is 0.412 e. The van der Waals surface area contributed by atoms with Gasteiger partial charge in [0.2, 0.25) is 0 Å². The summed E-state index contributed by atoms with van der Waals surface area (Å²) >= 11 is 0. The van der Waals surface area contributed by atoms with E-state index < -0.39 is 11.7 Å². The molecule has 0 radical (unpaired) electrons. The molecule has 8 heteroatoms. The average molecular weight is 525 g/mol. The van der Waals surface area contributed by atoms with E-state index in [4.69, 9.17) is 4.74 Å². The number of anilines is 1. The number of nitrogens with one attached hydrogen (secondary N) is 3. The normalized spacial score (nSPS) is 11.3. The van der Waals surface area contributed by atoms with Crippen molar-refractivity contribution in [2.24, 2.45) is 4.99 Å². The lowest BCUT2D eigenvalue weighted by molar-refractivity contribution is 0.0636. The monoisotopic (exact) mass is 525 g/mol. The summed E-state index contributed by atoms with van der Waals surface area (Å²) < 4.78 is 5.25. The van der Waals surface area contributed by atoms with Gasteiger partial charge in [-0.05, 0) is 57.0 Å². The molecule has 0 fully saturated rings. The van der Waals surface area contributed by atoms with E-state index in [9.17, 15) is 4.79 Å². The maximum atomic E-state index is 11.8. The van der Waals surface area contributed by atoms with Crippen molar-refractivity contribution in [2.45, 2.75) is 39.2 Å². The van der Waals surface area contributed by atoms with E-state index in [1.165, 1.54) is 0 Å². The molecule has 0 unspecified atom stereocenters. The van der Waals surface area contributed by atoms with Gasteiger partial charge in [0.25, 0.3) is 0 Å². The maximum absolute atomic E-state index is 11.8. The fraction of sp³-hybridized carbons (Fsp3) is 0.409. The number of carbonyl (C=O) groups is 1. The Kier molecular flexibility index (Phi) is 11.2. The van der Waals surface area contributed by atoms with Gasteiger partial charge in [-0.25, -0.2) is 4.79 Å². The van der Waals surface area contributed by atoms with Crippen LogP contribution in [0.3, 0.4) is 0 Å². The number of halogens is 1. The van der Waals surface area contributed by atoms with Crippen molar-refractivity contribution in [3.05, 3.63) is 59.9 Å². The molecule has 2 rings (SSSR count). The number of aliphatic imine (C=N–C) groups is 1. The molecular formula is C22H32IN5O2. The highest BCUT2D eigenvalue weighted by atomic mass is 127. The number of benzene rings is 1. The average Bonchev–Trinajstić information content (AvgIpc) is 2.67. The molecule has 0 aliphatic rings. The molecule has 1 amide bonds. The lowest BCUT2D eigenvalue weighted by Gasteiger charge is -2.19. The zero-order valence-electron chi connectivity index (χ0n) is 18.1. The number of hydrogen-bond acceptors (Lipinski definition) is 4. The van der Waals surface area contributed by atoms with Crippen LogP contribution in [0.1, 0.15) is 32.0 Å². The zero-order chi connectivity index (χ0) is 21.1. The van der Waals surface area contributed by atoms with E-state index in [-0.39, 0.29) is 24.0 Å². The third-order valence-electron chi connectivity index (χ3n) is 3.93. The molecule has 0 saturated carbocycles. The fourth-order valence-electron chi connectivity index (χ4n) is 2.58. The van der Waals surface area contributed by atoms with Crippen LogP contribution in [0, 0.1) is 0 Å². The van der Waals surface area contributed by atoms with Crippen LogP contribution in [0.25, 0.3) is 0 Å². The molecule has 2 aromatic rings. The standard InChI is InChI=1S/C22H31N5O2.HI/c1-22(2,3)29-21(28)27-19-10-8-17(9-11-19)12-15-25-20(23-4)26-16-13-18-7-5-6-14-24-18;/h5-11,14H,12-13,15-16H2,1-4H3,(H,27,28)(H2,23,25,26);1H. The van der Waals surface area contributed by atoms with Crippen molar-refractivity contribution in [3.63, 3.8) is 0 Å². The van der Waals surface area contributed by atoms with Crippen molar-refractivity contribution in [2.75, 3.05) is 25.5 Å². The van der Waals surface area contributed by atoms with Gasteiger partial charge >= 0.3 is 6.09 Å². The predicted octanol–water partition coefficient (Wildman–Crippen LogP) is 4.00. The van der Waals surface area contributed by atoms with Crippen molar-refractivity contribution in [3.8, 4) is 0 Å². The highest BCUT2D eigenvalue weighted by Crippen LogP contribution is 2.13. The Morgan fingerprint density at radius 3 is 2.27 bits per heavy atom. The van der Waals surface area contributed by atoms with Crippen molar-refractivity contribution in [1.29, 1.82) is 0 Å². The molecule has 1 aromatic carbocycles. The summed E-state index contributed by atoms with van der Waals surface area (Å²) in [4.78, 5) is 20.4. The summed E-state index contributed by atoms with van der Waals surface area (Å²) in [6.45, 7) is 7.03. The number of hydrogen-bond donors (Lipinski definition) is 3. The van der Waals surface area contributed by atoms with E-state index in [0.717, 1.165) is 43.1 Å². The molecule has 3 N–H and O–H groups in total. The van der Waals surface area contributed by atoms with Crippen molar-refractivity contribution in [1.82, 2.24) is 15.6 Å². The van der Waals surface area contributed by atoms with E-state index >= 15 is 0 Å². The van der Waals surface area contributed by atoms with Crippen LogP contribution in [0.4, 0.5) is 10.5 Å². The third kappa shape index (κ3) is 10.4. The molecule has 0 spiro atoms. The minimum atomic E-state index is -0.514. The molecule has 30 heavy (non-hydrogen) atoms. The van der Waals surface area contributed by atoms with Crippen LogP contribution in [-0.2, 0) is 17.6 Å². The highest BCUT2D eigenvalue weighted by molar-refractivity contribution is 14.0. The number of pyridine rings is 1. The Hall–Kier alpha value is -2.36. The largest absolute Gasteiger partial charge is 0.444 e. The third-order valence-corrected chi connectivity index (χ3v) is 3.93. The van der Waals surface area contributed by atoms with Gasteiger partial charge in [0.05, 0.1) is 0 Å². The van der Waals surface area contributed by atoms with Crippen LogP contribution in [0.15, 0.2) is 53.7 Å². The molecule has 1 aromatic heterocycles. The van der Waals surface area contributed by atoms with E-state index in [1.54, 1.807) is 13.2 Å². The second-order valence-electron chi connectivity index (χ2n) is 7.57. The Morgan fingerprint density at radius 2 is 1.70 bits per heavy atom. The van der Waals surface area contributed by atoms with Gasteiger partial charge < -0.3 is 15.4 Å². The first-order chi connectivity index (χ1) is 13.9.